The van der Waals surface area contributed by atoms with Crippen LogP contribution in [0, 0.1) is 13.8 Å². The van der Waals surface area contributed by atoms with E-state index >= 15 is 0 Å². The minimum Gasteiger partial charge on any atom is -0.453 e. The van der Waals surface area contributed by atoms with Crippen molar-refractivity contribution in [2.24, 2.45) is 0 Å². The molecule has 1 heterocycles. The van der Waals surface area contributed by atoms with Gasteiger partial charge >= 0.3 is 0 Å². The maximum atomic E-state index is 11.5. The van der Waals surface area contributed by atoms with Gasteiger partial charge < -0.3 is 4.42 Å². The third kappa shape index (κ3) is 1.63. The number of aryl methyl sites for hydroxylation is 2. The fourth-order valence-electron chi connectivity index (χ4n) is 1.79. The first kappa shape index (κ1) is 11.2. The first-order valence-corrected chi connectivity index (χ1v) is 5.64. The number of carbonyl (C=O) groups is 1. The number of hydrogen-bond acceptors (Lipinski definition) is 2. The Kier molecular flexibility index (Phi) is 2.76. The molecule has 1 aromatic carbocycles. The maximum Gasteiger partial charge on any atom is 0.197 e. The van der Waals surface area contributed by atoms with Gasteiger partial charge in [-0.25, -0.2) is 0 Å². The van der Waals surface area contributed by atoms with Crippen molar-refractivity contribution < 1.29 is 9.21 Å². The van der Waals surface area contributed by atoms with Gasteiger partial charge in [-0.15, -0.1) is 0 Å². The standard InChI is InChI=1S/C13H13ClO2/c1-4-10(15)12-6-9-8(3)13(14)7(2)5-11(9)16-12/h5-6H,4H2,1-3H3. The van der Waals surface area contributed by atoms with Crippen molar-refractivity contribution >= 4 is 28.4 Å². The number of benzene rings is 1. The lowest BCUT2D eigenvalue weighted by Gasteiger charge is -2.02. The maximum absolute atomic E-state index is 11.5. The highest BCUT2D eigenvalue weighted by atomic mass is 35.5. The third-order valence-corrected chi connectivity index (χ3v) is 3.37. The molecule has 16 heavy (non-hydrogen) atoms. The van der Waals surface area contributed by atoms with Gasteiger partial charge in [-0.2, -0.15) is 0 Å². The normalized spacial score (nSPS) is 11.0. The van der Waals surface area contributed by atoms with Gasteiger partial charge in [0.05, 0.1) is 0 Å². The number of carbonyl (C=O) groups excluding carboxylic acids is 1. The van der Waals surface area contributed by atoms with Crippen LogP contribution in [0.4, 0.5) is 0 Å². The SMILES string of the molecule is CCC(=O)c1cc2c(C)c(Cl)c(C)cc2o1. The van der Waals surface area contributed by atoms with Crippen LogP contribution in [0.1, 0.15) is 35.0 Å². The molecule has 2 aromatic rings. The second-order valence-electron chi connectivity index (χ2n) is 3.93. The Bertz CT molecular complexity index is 567. The van der Waals surface area contributed by atoms with Crippen LogP contribution in [0.25, 0.3) is 11.0 Å². The molecule has 2 nitrogen and oxygen atoms in total. The van der Waals surface area contributed by atoms with Gasteiger partial charge in [0, 0.05) is 16.8 Å². The zero-order chi connectivity index (χ0) is 11.9. The summed E-state index contributed by atoms with van der Waals surface area (Å²) in [4.78, 5) is 11.5. The molecule has 1 aromatic heterocycles. The number of hydrogen-bond donors (Lipinski definition) is 0. The fraction of sp³-hybridized carbons (Fsp3) is 0.308. The van der Waals surface area contributed by atoms with Crippen molar-refractivity contribution in [2.45, 2.75) is 27.2 Å². The van der Waals surface area contributed by atoms with Crippen molar-refractivity contribution in [3.05, 3.63) is 34.0 Å². The van der Waals surface area contributed by atoms with E-state index in [-0.39, 0.29) is 5.78 Å². The van der Waals surface area contributed by atoms with Crippen LogP contribution >= 0.6 is 11.6 Å². The Morgan fingerprint density at radius 3 is 2.69 bits per heavy atom. The summed E-state index contributed by atoms with van der Waals surface area (Å²) in [5, 5.41) is 1.66. The molecule has 0 spiro atoms. The van der Waals surface area contributed by atoms with Crippen LogP contribution in [0.5, 0.6) is 0 Å². The Hall–Kier alpha value is -1.28. The molecule has 0 fully saturated rings. The van der Waals surface area contributed by atoms with Gasteiger partial charge in [0.2, 0.25) is 0 Å². The smallest absolute Gasteiger partial charge is 0.197 e. The summed E-state index contributed by atoms with van der Waals surface area (Å²) in [6.45, 7) is 5.69. The predicted molar refractivity (Wildman–Crippen MR) is 65.3 cm³/mol. The van der Waals surface area contributed by atoms with E-state index in [9.17, 15) is 4.79 Å². The van der Waals surface area contributed by atoms with Gasteiger partial charge in [-0.1, -0.05) is 18.5 Å². The highest BCUT2D eigenvalue weighted by molar-refractivity contribution is 6.33. The first-order chi connectivity index (χ1) is 7.54. The summed E-state index contributed by atoms with van der Waals surface area (Å²) in [5.74, 6) is 0.437. The summed E-state index contributed by atoms with van der Waals surface area (Å²) in [7, 11) is 0. The summed E-state index contributed by atoms with van der Waals surface area (Å²) < 4.78 is 5.53. The van der Waals surface area contributed by atoms with Crippen molar-refractivity contribution in [2.75, 3.05) is 0 Å². The molecular weight excluding hydrogens is 224 g/mol. The van der Waals surface area contributed by atoms with Crippen molar-refractivity contribution in [3.63, 3.8) is 0 Å². The molecule has 3 heteroatoms. The second-order valence-corrected chi connectivity index (χ2v) is 4.31. The Morgan fingerprint density at radius 2 is 2.06 bits per heavy atom. The van der Waals surface area contributed by atoms with E-state index in [2.05, 4.69) is 0 Å². The number of fused-ring (bicyclic) bond motifs is 1. The molecule has 0 bridgehead atoms. The average Bonchev–Trinajstić information content (AvgIpc) is 2.69. The van der Waals surface area contributed by atoms with Crippen LogP contribution in [-0.2, 0) is 0 Å². The molecule has 0 aliphatic carbocycles. The quantitative estimate of drug-likeness (QED) is 0.728. The number of ketones is 1. The molecule has 84 valence electrons. The topological polar surface area (TPSA) is 30.2 Å². The third-order valence-electron chi connectivity index (χ3n) is 2.78. The molecule has 0 saturated heterocycles. The minimum absolute atomic E-state index is 0.0179. The average molecular weight is 237 g/mol. The lowest BCUT2D eigenvalue weighted by atomic mass is 10.1. The van der Waals surface area contributed by atoms with Crippen LogP contribution in [0.2, 0.25) is 5.02 Å². The Balaban J connectivity index is 2.71. The minimum atomic E-state index is 0.0179. The van der Waals surface area contributed by atoms with Gasteiger partial charge in [-0.3, -0.25) is 4.79 Å². The monoisotopic (exact) mass is 236 g/mol. The predicted octanol–water partition coefficient (Wildman–Crippen LogP) is 4.30. The number of rotatable bonds is 2. The lowest BCUT2D eigenvalue weighted by Crippen LogP contribution is -1.92. The molecule has 0 unspecified atom stereocenters. The lowest BCUT2D eigenvalue weighted by molar-refractivity contribution is 0.0963. The summed E-state index contributed by atoms with van der Waals surface area (Å²) in [6, 6.07) is 3.65. The van der Waals surface area contributed by atoms with E-state index in [1.165, 1.54) is 0 Å². The van der Waals surface area contributed by atoms with E-state index in [4.69, 9.17) is 16.0 Å². The van der Waals surface area contributed by atoms with Gasteiger partial charge in [0.15, 0.2) is 11.5 Å². The highest BCUT2D eigenvalue weighted by Gasteiger charge is 2.14. The Labute approximate surface area is 99.2 Å². The highest BCUT2D eigenvalue weighted by Crippen LogP contribution is 2.31. The van der Waals surface area contributed by atoms with E-state index in [1.807, 2.05) is 26.8 Å². The summed E-state index contributed by atoms with van der Waals surface area (Å²) in [6.07, 6.45) is 0.450. The van der Waals surface area contributed by atoms with E-state index in [0.29, 0.717) is 12.2 Å². The van der Waals surface area contributed by atoms with Crippen LogP contribution in [0.3, 0.4) is 0 Å². The van der Waals surface area contributed by atoms with E-state index < -0.39 is 0 Å². The molecular formula is C13H13ClO2. The Morgan fingerprint density at radius 1 is 1.38 bits per heavy atom. The molecule has 0 amide bonds. The number of halogens is 1. The molecule has 0 saturated carbocycles. The zero-order valence-corrected chi connectivity index (χ0v) is 10.3. The summed E-state index contributed by atoms with van der Waals surface area (Å²) in [5.41, 5.74) is 2.67. The molecule has 0 aliphatic rings. The van der Waals surface area contributed by atoms with Crippen LogP contribution in [-0.4, -0.2) is 5.78 Å². The van der Waals surface area contributed by atoms with Crippen molar-refractivity contribution in [1.29, 1.82) is 0 Å². The molecule has 0 N–H and O–H groups in total. The molecule has 2 rings (SSSR count). The van der Waals surface area contributed by atoms with Crippen LogP contribution < -0.4 is 0 Å². The fourth-order valence-corrected chi connectivity index (χ4v) is 1.95. The van der Waals surface area contributed by atoms with E-state index in [0.717, 1.165) is 27.1 Å². The van der Waals surface area contributed by atoms with Gasteiger partial charge in [0.25, 0.3) is 0 Å². The van der Waals surface area contributed by atoms with Gasteiger partial charge in [-0.05, 0) is 37.1 Å². The largest absolute Gasteiger partial charge is 0.453 e. The number of Topliss-reactive ketones (excluding diaryl/α,β-unsaturated/α-hetero) is 1. The molecule has 0 aliphatic heterocycles. The van der Waals surface area contributed by atoms with Crippen molar-refractivity contribution in [1.82, 2.24) is 0 Å². The number of furan rings is 1. The van der Waals surface area contributed by atoms with E-state index in [1.54, 1.807) is 6.07 Å². The van der Waals surface area contributed by atoms with Gasteiger partial charge in [0.1, 0.15) is 5.58 Å². The van der Waals surface area contributed by atoms with Crippen LogP contribution in [0.15, 0.2) is 16.5 Å². The molecule has 0 radical (unpaired) electrons. The second kappa shape index (κ2) is 3.95. The first-order valence-electron chi connectivity index (χ1n) is 5.27. The van der Waals surface area contributed by atoms with Crippen molar-refractivity contribution in [3.8, 4) is 0 Å². The summed E-state index contributed by atoms with van der Waals surface area (Å²) >= 11 is 6.15. The molecule has 0 atom stereocenters. The zero-order valence-electron chi connectivity index (χ0n) is 9.56.